The van der Waals surface area contributed by atoms with E-state index in [0.29, 0.717) is 5.41 Å². The van der Waals surface area contributed by atoms with Crippen LogP contribution in [-0.4, -0.2) is 30.5 Å². The lowest BCUT2D eigenvalue weighted by Crippen LogP contribution is -2.48. The number of aliphatic imine (C=N–C) groups is 1. The third-order valence-electron chi connectivity index (χ3n) is 3.28. The minimum absolute atomic E-state index is 0. The number of likely N-dealkylation sites (tertiary alicyclic amines) is 1. The first-order valence-electron chi connectivity index (χ1n) is 6.16. The van der Waals surface area contributed by atoms with Crippen LogP contribution < -0.4 is 5.73 Å². The second-order valence-corrected chi connectivity index (χ2v) is 4.92. The number of nitrogens with two attached hydrogens (primary N) is 1. The van der Waals surface area contributed by atoms with Crippen LogP contribution in [0.1, 0.15) is 46.5 Å². The van der Waals surface area contributed by atoms with Gasteiger partial charge in [0.05, 0.1) is 0 Å². The molecule has 96 valence electrons. The highest BCUT2D eigenvalue weighted by molar-refractivity contribution is 14.0. The van der Waals surface area contributed by atoms with Gasteiger partial charge in [0.25, 0.3) is 0 Å². The molecule has 0 spiro atoms. The molecule has 2 N–H and O–H groups in total. The summed E-state index contributed by atoms with van der Waals surface area (Å²) in [5, 5.41) is 0. The van der Waals surface area contributed by atoms with Gasteiger partial charge < -0.3 is 10.6 Å². The van der Waals surface area contributed by atoms with Crippen molar-refractivity contribution in [1.29, 1.82) is 0 Å². The third-order valence-corrected chi connectivity index (χ3v) is 3.28. The van der Waals surface area contributed by atoms with Gasteiger partial charge in [-0.2, -0.15) is 0 Å². The molecular formula is C12H26IN3. The molecule has 1 aliphatic rings. The number of halogens is 1. The number of rotatable bonds is 3. The van der Waals surface area contributed by atoms with Gasteiger partial charge >= 0.3 is 0 Å². The zero-order chi connectivity index (χ0) is 11.3. The molecule has 1 aliphatic heterocycles. The van der Waals surface area contributed by atoms with Crippen LogP contribution in [-0.2, 0) is 0 Å². The Kier molecular flexibility index (Phi) is 7.35. The van der Waals surface area contributed by atoms with Gasteiger partial charge in [-0.1, -0.05) is 20.3 Å². The second kappa shape index (κ2) is 7.35. The quantitative estimate of drug-likeness (QED) is 0.488. The second-order valence-electron chi connectivity index (χ2n) is 4.92. The van der Waals surface area contributed by atoms with E-state index in [4.69, 9.17) is 5.73 Å². The maximum atomic E-state index is 5.95. The molecule has 0 aliphatic carbocycles. The van der Waals surface area contributed by atoms with Gasteiger partial charge in [0.1, 0.15) is 0 Å². The predicted molar refractivity (Wildman–Crippen MR) is 81.4 cm³/mol. The summed E-state index contributed by atoms with van der Waals surface area (Å²) in [4.78, 5) is 6.55. The average molecular weight is 339 g/mol. The van der Waals surface area contributed by atoms with E-state index in [-0.39, 0.29) is 24.0 Å². The first-order valence-corrected chi connectivity index (χ1v) is 6.16. The van der Waals surface area contributed by atoms with Crippen molar-refractivity contribution in [1.82, 2.24) is 4.90 Å². The predicted octanol–water partition coefficient (Wildman–Crippen LogP) is 2.84. The molecule has 1 heterocycles. The Labute approximate surface area is 117 Å². The van der Waals surface area contributed by atoms with E-state index in [0.717, 1.165) is 25.6 Å². The molecule has 1 fully saturated rings. The van der Waals surface area contributed by atoms with E-state index in [1.165, 1.54) is 25.7 Å². The molecule has 3 nitrogen and oxygen atoms in total. The molecule has 0 saturated carbocycles. The smallest absolute Gasteiger partial charge is 0.191 e. The lowest BCUT2D eigenvalue weighted by atomic mass is 9.78. The van der Waals surface area contributed by atoms with Crippen LogP contribution in [0, 0.1) is 5.41 Å². The molecule has 1 atom stereocenters. The molecule has 1 saturated heterocycles. The zero-order valence-electron chi connectivity index (χ0n) is 10.8. The van der Waals surface area contributed by atoms with Crippen LogP contribution in [0.15, 0.2) is 4.99 Å². The van der Waals surface area contributed by atoms with Crippen LogP contribution in [0.5, 0.6) is 0 Å². The SMILES string of the molecule is CCCC1(C)CCCN(C(N)=NCC)C1.I. The van der Waals surface area contributed by atoms with E-state index in [9.17, 15) is 0 Å². The van der Waals surface area contributed by atoms with Gasteiger partial charge in [0.15, 0.2) is 5.96 Å². The number of hydrogen-bond donors (Lipinski definition) is 1. The molecule has 16 heavy (non-hydrogen) atoms. The molecule has 1 unspecified atom stereocenters. The maximum Gasteiger partial charge on any atom is 0.191 e. The van der Waals surface area contributed by atoms with Crippen molar-refractivity contribution in [3.8, 4) is 0 Å². The monoisotopic (exact) mass is 339 g/mol. The fourth-order valence-electron chi connectivity index (χ4n) is 2.58. The molecule has 0 amide bonds. The molecule has 0 bridgehead atoms. The van der Waals surface area contributed by atoms with Gasteiger partial charge in [-0.25, -0.2) is 0 Å². The normalized spacial score (nSPS) is 26.4. The fourth-order valence-corrected chi connectivity index (χ4v) is 2.58. The summed E-state index contributed by atoms with van der Waals surface area (Å²) in [6, 6.07) is 0. The summed E-state index contributed by atoms with van der Waals surface area (Å²) in [6.07, 6.45) is 5.13. The van der Waals surface area contributed by atoms with E-state index in [1.807, 2.05) is 6.92 Å². The highest BCUT2D eigenvalue weighted by Crippen LogP contribution is 2.33. The minimum Gasteiger partial charge on any atom is -0.370 e. The molecule has 0 radical (unpaired) electrons. The van der Waals surface area contributed by atoms with E-state index in [1.54, 1.807) is 0 Å². The van der Waals surface area contributed by atoms with Gasteiger partial charge in [-0.3, -0.25) is 4.99 Å². The molecule has 0 aromatic rings. The Morgan fingerprint density at radius 1 is 1.44 bits per heavy atom. The Hall–Kier alpha value is 0. The summed E-state index contributed by atoms with van der Waals surface area (Å²) >= 11 is 0. The van der Waals surface area contributed by atoms with Crippen molar-refractivity contribution in [3.05, 3.63) is 0 Å². The van der Waals surface area contributed by atoms with E-state index < -0.39 is 0 Å². The Morgan fingerprint density at radius 3 is 2.69 bits per heavy atom. The van der Waals surface area contributed by atoms with Gasteiger partial charge in [-0.05, 0) is 31.6 Å². The van der Waals surface area contributed by atoms with E-state index >= 15 is 0 Å². The van der Waals surface area contributed by atoms with Crippen molar-refractivity contribution >= 4 is 29.9 Å². The number of piperidine rings is 1. The first-order chi connectivity index (χ1) is 7.11. The highest BCUT2D eigenvalue weighted by Gasteiger charge is 2.30. The standard InChI is InChI=1S/C12H25N3.HI/c1-4-7-12(3)8-6-9-15(10-12)11(13)14-5-2;/h4-10H2,1-3H3,(H2,13,14);1H. The summed E-state index contributed by atoms with van der Waals surface area (Å²) in [5.41, 5.74) is 6.40. The number of hydrogen-bond acceptors (Lipinski definition) is 1. The molecule has 0 aromatic heterocycles. The largest absolute Gasteiger partial charge is 0.370 e. The average Bonchev–Trinajstić information content (AvgIpc) is 2.18. The minimum atomic E-state index is 0. The highest BCUT2D eigenvalue weighted by atomic mass is 127. The lowest BCUT2D eigenvalue weighted by molar-refractivity contribution is 0.144. The van der Waals surface area contributed by atoms with Crippen molar-refractivity contribution in [2.75, 3.05) is 19.6 Å². The Morgan fingerprint density at radius 2 is 2.12 bits per heavy atom. The molecular weight excluding hydrogens is 313 g/mol. The summed E-state index contributed by atoms with van der Waals surface area (Å²) in [5.74, 6) is 0.736. The van der Waals surface area contributed by atoms with Crippen LogP contribution >= 0.6 is 24.0 Å². The first kappa shape index (κ1) is 16.0. The number of guanidine groups is 1. The van der Waals surface area contributed by atoms with Crippen LogP contribution in [0.25, 0.3) is 0 Å². The molecule has 0 aromatic carbocycles. The molecule has 4 heteroatoms. The number of nitrogens with zero attached hydrogens (tertiary/aromatic N) is 2. The van der Waals surface area contributed by atoms with Crippen LogP contribution in [0.3, 0.4) is 0 Å². The molecule has 1 rings (SSSR count). The van der Waals surface area contributed by atoms with Gasteiger partial charge in [-0.15, -0.1) is 24.0 Å². The van der Waals surface area contributed by atoms with Crippen LogP contribution in [0.2, 0.25) is 0 Å². The van der Waals surface area contributed by atoms with Gasteiger partial charge in [0.2, 0.25) is 0 Å². The Balaban J connectivity index is 0.00000225. The van der Waals surface area contributed by atoms with Crippen molar-refractivity contribution < 1.29 is 0 Å². The van der Waals surface area contributed by atoms with E-state index in [2.05, 4.69) is 23.7 Å². The topological polar surface area (TPSA) is 41.6 Å². The summed E-state index contributed by atoms with van der Waals surface area (Å²) in [6.45, 7) is 9.61. The summed E-state index contributed by atoms with van der Waals surface area (Å²) < 4.78 is 0. The fraction of sp³-hybridized carbons (Fsp3) is 0.917. The third kappa shape index (κ3) is 4.47. The maximum absolute atomic E-state index is 5.95. The van der Waals surface area contributed by atoms with Crippen molar-refractivity contribution in [2.24, 2.45) is 16.1 Å². The Bertz CT molecular complexity index is 226. The van der Waals surface area contributed by atoms with Crippen molar-refractivity contribution in [2.45, 2.75) is 46.5 Å². The summed E-state index contributed by atoms with van der Waals surface area (Å²) in [7, 11) is 0. The zero-order valence-corrected chi connectivity index (χ0v) is 13.2. The van der Waals surface area contributed by atoms with Crippen LogP contribution in [0.4, 0.5) is 0 Å². The lowest BCUT2D eigenvalue weighted by Gasteiger charge is -2.41. The van der Waals surface area contributed by atoms with Crippen molar-refractivity contribution in [3.63, 3.8) is 0 Å². The van der Waals surface area contributed by atoms with Gasteiger partial charge in [0, 0.05) is 19.6 Å².